The lowest BCUT2D eigenvalue weighted by Crippen LogP contribution is -2.32. The Morgan fingerprint density at radius 2 is 2.00 bits per heavy atom. The van der Waals surface area contributed by atoms with Gasteiger partial charge in [-0.15, -0.1) is 0 Å². The number of methoxy groups -OCH3 is 1. The summed E-state index contributed by atoms with van der Waals surface area (Å²) in [6, 6.07) is 6.89. The highest BCUT2D eigenvalue weighted by Gasteiger charge is 2.14. The molecular formula is C11H13Cl2NO3. The largest absolute Gasteiger partial charge is 0.497 e. The maximum Gasteiger partial charge on any atom is 0.253 e. The molecule has 0 fully saturated rings. The van der Waals surface area contributed by atoms with Crippen molar-refractivity contribution in [2.45, 2.75) is 10.9 Å². The van der Waals surface area contributed by atoms with Crippen molar-refractivity contribution in [1.82, 2.24) is 5.32 Å². The molecule has 0 aliphatic rings. The Balaban J connectivity index is 2.51. The van der Waals surface area contributed by atoms with Crippen LogP contribution < -0.4 is 10.1 Å². The molecule has 0 aromatic heterocycles. The van der Waals surface area contributed by atoms with E-state index in [9.17, 15) is 9.90 Å². The van der Waals surface area contributed by atoms with E-state index in [1.54, 1.807) is 31.4 Å². The number of aliphatic hydroxyl groups is 1. The fourth-order valence-electron chi connectivity index (χ4n) is 1.22. The quantitative estimate of drug-likeness (QED) is 0.805. The average molecular weight is 278 g/mol. The van der Waals surface area contributed by atoms with Crippen LogP contribution >= 0.6 is 23.2 Å². The number of carbonyl (C=O) groups excluding carboxylic acids is 1. The Morgan fingerprint density at radius 1 is 1.41 bits per heavy atom. The molecule has 17 heavy (non-hydrogen) atoms. The zero-order valence-corrected chi connectivity index (χ0v) is 10.7. The van der Waals surface area contributed by atoms with Gasteiger partial charge in [-0.25, -0.2) is 0 Å². The van der Waals surface area contributed by atoms with Gasteiger partial charge in [-0.05, 0) is 17.7 Å². The second-order valence-corrected chi connectivity index (χ2v) is 4.43. The SMILES string of the molecule is COc1ccc(C(O)CNC(=O)C(Cl)Cl)cc1. The van der Waals surface area contributed by atoms with Crippen molar-refractivity contribution in [3.63, 3.8) is 0 Å². The van der Waals surface area contributed by atoms with Gasteiger partial charge < -0.3 is 15.2 Å². The van der Waals surface area contributed by atoms with Crippen molar-refractivity contribution in [3.05, 3.63) is 29.8 Å². The summed E-state index contributed by atoms with van der Waals surface area (Å²) in [6.45, 7) is 0.0566. The van der Waals surface area contributed by atoms with Gasteiger partial charge in [0.2, 0.25) is 0 Å². The summed E-state index contributed by atoms with van der Waals surface area (Å²) < 4.78 is 4.99. The number of ether oxygens (including phenoxy) is 1. The van der Waals surface area contributed by atoms with Crippen LogP contribution in [0.3, 0.4) is 0 Å². The predicted molar refractivity (Wildman–Crippen MR) is 66.5 cm³/mol. The van der Waals surface area contributed by atoms with E-state index in [-0.39, 0.29) is 6.54 Å². The molecule has 0 spiro atoms. The standard InChI is InChI=1S/C11H13Cl2NO3/c1-17-8-4-2-7(3-5-8)9(15)6-14-11(16)10(12)13/h2-5,9-10,15H,6H2,1H3,(H,14,16). The van der Waals surface area contributed by atoms with Gasteiger partial charge in [-0.2, -0.15) is 0 Å². The van der Waals surface area contributed by atoms with Crippen molar-refractivity contribution in [1.29, 1.82) is 0 Å². The second kappa shape index (κ2) is 6.69. The molecule has 0 aliphatic heterocycles. The normalized spacial score (nSPS) is 12.3. The molecule has 0 saturated carbocycles. The summed E-state index contributed by atoms with van der Waals surface area (Å²) in [7, 11) is 1.56. The van der Waals surface area contributed by atoms with E-state index < -0.39 is 16.8 Å². The lowest BCUT2D eigenvalue weighted by Gasteiger charge is -2.13. The van der Waals surface area contributed by atoms with Crippen LogP contribution in [0.2, 0.25) is 0 Å². The van der Waals surface area contributed by atoms with E-state index in [1.807, 2.05) is 0 Å². The van der Waals surface area contributed by atoms with Crippen molar-refractivity contribution in [2.24, 2.45) is 0 Å². The van der Waals surface area contributed by atoms with Crippen LogP contribution in [0.25, 0.3) is 0 Å². The molecule has 0 heterocycles. The number of halogens is 2. The molecule has 94 valence electrons. The minimum atomic E-state index is -1.13. The summed E-state index contributed by atoms with van der Waals surface area (Å²) in [6.07, 6.45) is -0.808. The molecule has 1 rings (SSSR count). The lowest BCUT2D eigenvalue weighted by molar-refractivity contribution is -0.119. The summed E-state index contributed by atoms with van der Waals surface area (Å²) in [5.74, 6) is 0.174. The van der Waals surface area contributed by atoms with Gasteiger partial charge in [-0.3, -0.25) is 4.79 Å². The first-order valence-corrected chi connectivity index (χ1v) is 5.79. The van der Waals surface area contributed by atoms with Crippen LogP contribution in [0.1, 0.15) is 11.7 Å². The summed E-state index contributed by atoms with van der Waals surface area (Å²) in [4.78, 5) is 9.95. The summed E-state index contributed by atoms with van der Waals surface area (Å²) >= 11 is 10.7. The zero-order chi connectivity index (χ0) is 12.8. The highest BCUT2D eigenvalue weighted by atomic mass is 35.5. The number of alkyl halides is 2. The summed E-state index contributed by atoms with van der Waals surface area (Å²) in [5.41, 5.74) is 0.673. The van der Waals surface area contributed by atoms with E-state index in [0.29, 0.717) is 11.3 Å². The Morgan fingerprint density at radius 3 is 2.47 bits per heavy atom. The third-order valence-electron chi connectivity index (χ3n) is 2.17. The van der Waals surface area contributed by atoms with Gasteiger partial charge in [0.15, 0.2) is 4.84 Å². The Hall–Kier alpha value is -0.970. The molecule has 6 heteroatoms. The van der Waals surface area contributed by atoms with Crippen LogP contribution in [0.15, 0.2) is 24.3 Å². The van der Waals surface area contributed by atoms with Crippen LogP contribution in [0, 0.1) is 0 Å². The minimum absolute atomic E-state index is 0.0566. The van der Waals surface area contributed by atoms with Gasteiger partial charge in [-0.1, -0.05) is 35.3 Å². The minimum Gasteiger partial charge on any atom is -0.497 e. The van der Waals surface area contributed by atoms with Gasteiger partial charge in [0.25, 0.3) is 5.91 Å². The Labute approximate surface area is 109 Å². The average Bonchev–Trinajstić information content (AvgIpc) is 2.35. The number of rotatable bonds is 5. The second-order valence-electron chi connectivity index (χ2n) is 3.33. The highest BCUT2D eigenvalue weighted by Crippen LogP contribution is 2.17. The zero-order valence-electron chi connectivity index (χ0n) is 9.19. The smallest absolute Gasteiger partial charge is 0.253 e. The molecule has 1 aromatic carbocycles. The van der Waals surface area contributed by atoms with E-state index in [1.165, 1.54) is 0 Å². The topological polar surface area (TPSA) is 58.6 Å². The first-order chi connectivity index (χ1) is 8.04. The monoisotopic (exact) mass is 277 g/mol. The number of hydrogen-bond acceptors (Lipinski definition) is 3. The number of amides is 1. The number of carbonyl (C=O) groups is 1. The maximum atomic E-state index is 11.1. The highest BCUT2D eigenvalue weighted by molar-refractivity contribution is 6.53. The molecule has 0 aliphatic carbocycles. The molecule has 4 nitrogen and oxygen atoms in total. The van der Waals surface area contributed by atoms with E-state index in [2.05, 4.69) is 5.32 Å². The Kier molecular flexibility index (Phi) is 5.55. The van der Waals surface area contributed by atoms with Crippen LogP contribution in [-0.4, -0.2) is 29.5 Å². The third kappa shape index (κ3) is 4.42. The van der Waals surface area contributed by atoms with Gasteiger partial charge in [0.1, 0.15) is 5.75 Å². The maximum absolute atomic E-state index is 11.1. The fraction of sp³-hybridized carbons (Fsp3) is 0.364. The lowest BCUT2D eigenvalue weighted by atomic mass is 10.1. The van der Waals surface area contributed by atoms with Crippen LogP contribution in [0.5, 0.6) is 5.75 Å². The van der Waals surface area contributed by atoms with Crippen molar-refractivity contribution >= 4 is 29.1 Å². The number of benzene rings is 1. The third-order valence-corrected chi connectivity index (χ3v) is 2.56. The molecule has 2 N–H and O–H groups in total. The Bertz CT molecular complexity index is 367. The van der Waals surface area contributed by atoms with Gasteiger partial charge in [0, 0.05) is 6.54 Å². The number of nitrogens with one attached hydrogen (secondary N) is 1. The molecular weight excluding hydrogens is 265 g/mol. The molecule has 0 saturated heterocycles. The van der Waals surface area contributed by atoms with E-state index >= 15 is 0 Å². The number of aliphatic hydroxyl groups excluding tert-OH is 1. The predicted octanol–water partition coefficient (Wildman–Crippen LogP) is 1.65. The van der Waals surface area contributed by atoms with Gasteiger partial charge in [0.05, 0.1) is 13.2 Å². The van der Waals surface area contributed by atoms with Crippen molar-refractivity contribution < 1.29 is 14.6 Å². The molecule has 0 bridgehead atoms. The molecule has 1 aromatic rings. The first-order valence-electron chi connectivity index (χ1n) is 4.92. The van der Waals surface area contributed by atoms with Crippen molar-refractivity contribution in [3.8, 4) is 5.75 Å². The van der Waals surface area contributed by atoms with Crippen molar-refractivity contribution in [2.75, 3.05) is 13.7 Å². The summed E-state index contributed by atoms with van der Waals surface area (Å²) in [5, 5.41) is 12.2. The van der Waals surface area contributed by atoms with E-state index in [0.717, 1.165) is 0 Å². The van der Waals surface area contributed by atoms with Crippen LogP contribution in [-0.2, 0) is 4.79 Å². The van der Waals surface area contributed by atoms with E-state index in [4.69, 9.17) is 27.9 Å². The molecule has 1 amide bonds. The molecule has 0 radical (unpaired) electrons. The molecule has 1 atom stereocenters. The van der Waals surface area contributed by atoms with Gasteiger partial charge >= 0.3 is 0 Å². The fourth-order valence-corrected chi connectivity index (χ4v) is 1.37. The molecule has 1 unspecified atom stereocenters. The van der Waals surface area contributed by atoms with Crippen LogP contribution in [0.4, 0.5) is 0 Å². The first kappa shape index (κ1) is 14.1. The number of hydrogen-bond donors (Lipinski definition) is 2.